The van der Waals surface area contributed by atoms with E-state index in [1.807, 2.05) is 25.1 Å². The highest BCUT2D eigenvalue weighted by Gasteiger charge is 2.05. The number of nitrogens with two attached hydrogens (primary N) is 2. The van der Waals surface area contributed by atoms with E-state index in [1.54, 1.807) is 18.2 Å². The highest BCUT2D eigenvalue weighted by atomic mass is 79.9. The molecule has 0 saturated heterocycles. The summed E-state index contributed by atoms with van der Waals surface area (Å²) in [5, 5.41) is 3.21. The smallest absolute Gasteiger partial charge is 0.248 e. The van der Waals surface area contributed by atoms with E-state index >= 15 is 0 Å². The molecule has 1 amide bonds. The molecule has 2 aromatic carbocycles. The SMILES string of the molecule is Cc1cc(Nc2ccc(C(N)=O)cc2N)ccc1Br. The van der Waals surface area contributed by atoms with Gasteiger partial charge in [-0.2, -0.15) is 0 Å². The van der Waals surface area contributed by atoms with Crippen LogP contribution in [0.1, 0.15) is 15.9 Å². The van der Waals surface area contributed by atoms with Gasteiger partial charge in [0.15, 0.2) is 0 Å². The summed E-state index contributed by atoms with van der Waals surface area (Å²) in [6.07, 6.45) is 0. The fourth-order valence-electron chi connectivity index (χ4n) is 1.71. The molecular weight excluding hydrogens is 306 g/mol. The molecule has 0 spiro atoms. The number of anilines is 3. The van der Waals surface area contributed by atoms with E-state index in [1.165, 1.54) is 0 Å². The molecule has 0 unspecified atom stereocenters. The number of nitrogens with one attached hydrogen (secondary N) is 1. The predicted octanol–water partition coefficient (Wildman–Crippen LogP) is 3.18. The van der Waals surface area contributed by atoms with E-state index in [9.17, 15) is 4.79 Å². The fourth-order valence-corrected chi connectivity index (χ4v) is 1.95. The van der Waals surface area contributed by atoms with Crippen LogP contribution in [0.15, 0.2) is 40.9 Å². The van der Waals surface area contributed by atoms with Crippen molar-refractivity contribution in [1.29, 1.82) is 0 Å². The molecule has 0 saturated carbocycles. The molecular formula is C14H14BrN3O. The molecule has 5 heteroatoms. The van der Waals surface area contributed by atoms with Gasteiger partial charge >= 0.3 is 0 Å². The number of aryl methyl sites for hydroxylation is 1. The number of hydrogen-bond acceptors (Lipinski definition) is 3. The first-order valence-electron chi connectivity index (χ1n) is 5.70. The number of carbonyl (C=O) groups is 1. The first-order chi connectivity index (χ1) is 8.97. The van der Waals surface area contributed by atoms with Gasteiger partial charge in [-0.05, 0) is 48.9 Å². The zero-order chi connectivity index (χ0) is 14.0. The average Bonchev–Trinajstić information content (AvgIpc) is 2.36. The van der Waals surface area contributed by atoms with Crippen molar-refractivity contribution >= 4 is 38.9 Å². The van der Waals surface area contributed by atoms with Crippen molar-refractivity contribution in [3.63, 3.8) is 0 Å². The van der Waals surface area contributed by atoms with Crippen LogP contribution in [0.5, 0.6) is 0 Å². The van der Waals surface area contributed by atoms with Crippen LogP contribution in [-0.2, 0) is 0 Å². The van der Waals surface area contributed by atoms with Gasteiger partial charge in [0, 0.05) is 15.7 Å². The molecule has 0 bridgehead atoms. The van der Waals surface area contributed by atoms with Gasteiger partial charge in [0.2, 0.25) is 5.91 Å². The Bertz CT molecular complexity index is 641. The van der Waals surface area contributed by atoms with Gasteiger partial charge in [-0.3, -0.25) is 4.79 Å². The Morgan fingerprint density at radius 1 is 1.21 bits per heavy atom. The van der Waals surface area contributed by atoms with Crippen LogP contribution in [0.3, 0.4) is 0 Å². The third-order valence-electron chi connectivity index (χ3n) is 2.77. The van der Waals surface area contributed by atoms with Gasteiger partial charge in [-0.15, -0.1) is 0 Å². The van der Waals surface area contributed by atoms with Crippen LogP contribution in [0.2, 0.25) is 0 Å². The number of primary amides is 1. The number of amides is 1. The monoisotopic (exact) mass is 319 g/mol. The fraction of sp³-hybridized carbons (Fsp3) is 0.0714. The van der Waals surface area contributed by atoms with Gasteiger partial charge in [0.1, 0.15) is 0 Å². The minimum absolute atomic E-state index is 0.398. The maximum absolute atomic E-state index is 11.0. The molecule has 0 aliphatic rings. The lowest BCUT2D eigenvalue weighted by molar-refractivity contribution is 0.100. The molecule has 19 heavy (non-hydrogen) atoms. The zero-order valence-electron chi connectivity index (χ0n) is 10.4. The Morgan fingerprint density at radius 2 is 1.95 bits per heavy atom. The molecule has 0 aliphatic heterocycles. The van der Waals surface area contributed by atoms with Crippen molar-refractivity contribution in [2.24, 2.45) is 5.73 Å². The van der Waals surface area contributed by atoms with Gasteiger partial charge in [0.05, 0.1) is 11.4 Å². The van der Waals surface area contributed by atoms with E-state index in [-0.39, 0.29) is 0 Å². The third kappa shape index (κ3) is 3.06. The van der Waals surface area contributed by atoms with E-state index in [0.29, 0.717) is 11.3 Å². The Morgan fingerprint density at radius 3 is 2.53 bits per heavy atom. The standard InChI is InChI=1S/C14H14BrN3O/c1-8-6-10(3-4-11(8)15)18-13-5-2-9(14(17)19)7-12(13)16/h2-7,18H,16H2,1H3,(H2,17,19). The van der Waals surface area contributed by atoms with Crippen LogP contribution in [0, 0.1) is 6.92 Å². The van der Waals surface area contributed by atoms with Crippen molar-refractivity contribution in [2.45, 2.75) is 6.92 Å². The lowest BCUT2D eigenvalue weighted by Gasteiger charge is -2.11. The maximum atomic E-state index is 11.0. The van der Waals surface area contributed by atoms with Crippen molar-refractivity contribution < 1.29 is 4.79 Å². The van der Waals surface area contributed by atoms with Crippen molar-refractivity contribution in [3.05, 3.63) is 52.0 Å². The largest absolute Gasteiger partial charge is 0.397 e. The summed E-state index contributed by atoms with van der Waals surface area (Å²) in [4.78, 5) is 11.0. The number of nitrogen functional groups attached to an aromatic ring is 1. The second-order valence-corrected chi connectivity index (χ2v) is 5.11. The zero-order valence-corrected chi connectivity index (χ0v) is 12.0. The number of benzene rings is 2. The number of rotatable bonds is 3. The summed E-state index contributed by atoms with van der Waals surface area (Å²) in [6.45, 7) is 2.01. The summed E-state index contributed by atoms with van der Waals surface area (Å²) in [6, 6.07) is 10.9. The minimum Gasteiger partial charge on any atom is -0.397 e. The van der Waals surface area contributed by atoms with Crippen LogP contribution < -0.4 is 16.8 Å². The van der Waals surface area contributed by atoms with Crippen LogP contribution in [0.4, 0.5) is 17.1 Å². The summed E-state index contributed by atoms with van der Waals surface area (Å²) in [7, 11) is 0. The van der Waals surface area contributed by atoms with E-state index in [2.05, 4.69) is 21.2 Å². The molecule has 0 fully saturated rings. The maximum Gasteiger partial charge on any atom is 0.248 e. The molecule has 2 aromatic rings. The topological polar surface area (TPSA) is 81.1 Å². The summed E-state index contributed by atoms with van der Waals surface area (Å²) < 4.78 is 1.05. The molecule has 0 aromatic heterocycles. The number of hydrogen-bond donors (Lipinski definition) is 3. The first-order valence-corrected chi connectivity index (χ1v) is 6.49. The quantitative estimate of drug-likeness (QED) is 0.760. The minimum atomic E-state index is -0.488. The first kappa shape index (κ1) is 13.4. The van der Waals surface area contributed by atoms with Gasteiger partial charge in [-0.25, -0.2) is 0 Å². The Kier molecular flexibility index (Phi) is 3.76. The summed E-state index contributed by atoms with van der Waals surface area (Å²) in [5.74, 6) is -0.488. The molecule has 0 radical (unpaired) electrons. The second kappa shape index (κ2) is 5.32. The average molecular weight is 320 g/mol. The molecule has 0 atom stereocenters. The van der Waals surface area contributed by atoms with E-state index in [0.717, 1.165) is 21.4 Å². The highest BCUT2D eigenvalue weighted by Crippen LogP contribution is 2.26. The normalized spacial score (nSPS) is 10.2. The Hall–Kier alpha value is -2.01. The second-order valence-electron chi connectivity index (χ2n) is 4.26. The molecule has 5 N–H and O–H groups in total. The van der Waals surface area contributed by atoms with Crippen LogP contribution >= 0.6 is 15.9 Å². The van der Waals surface area contributed by atoms with Crippen LogP contribution in [-0.4, -0.2) is 5.91 Å². The molecule has 98 valence electrons. The predicted molar refractivity (Wildman–Crippen MR) is 81.5 cm³/mol. The lowest BCUT2D eigenvalue weighted by Crippen LogP contribution is -2.11. The Balaban J connectivity index is 2.28. The lowest BCUT2D eigenvalue weighted by atomic mass is 10.1. The van der Waals surface area contributed by atoms with Crippen LogP contribution in [0.25, 0.3) is 0 Å². The van der Waals surface area contributed by atoms with E-state index in [4.69, 9.17) is 11.5 Å². The van der Waals surface area contributed by atoms with E-state index < -0.39 is 5.91 Å². The van der Waals surface area contributed by atoms with Crippen molar-refractivity contribution in [3.8, 4) is 0 Å². The third-order valence-corrected chi connectivity index (χ3v) is 3.66. The molecule has 0 heterocycles. The van der Waals surface area contributed by atoms with Gasteiger partial charge < -0.3 is 16.8 Å². The van der Waals surface area contributed by atoms with Crippen molar-refractivity contribution in [1.82, 2.24) is 0 Å². The van der Waals surface area contributed by atoms with Crippen molar-refractivity contribution in [2.75, 3.05) is 11.1 Å². The van der Waals surface area contributed by atoms with Gasteiger partial charge in [-0.1, -0.05) is 15.9 Å². The number of carbonyl (C=O) groups excluding carboxylic acids is 1. The summed E-state index contributed by atoms with van der Waals surface area (Å²) >= 11 is 3.45. The molecule has 4 nitrogen and oxygen atoms in total. The summed E-state index contributed by atoms with van der Waals surface area (Å²) in [5.41, 5.74) is 14.8. The Labute approximate surface area is 119 Å². The number of halogens is 1. The van der Waals surface area contributed by atoms with Gasteiger partial charge in [0.25, 0.3) is 0 Å². The molecule has 2 rings (SSSR count). The molecule has 0 aliphatic carbocycles. The highest BCUT2D eigenvalue weighted by molar-refractivity contribution is 9.10.